The Labute approximate surface area is 310 Å². The molecular formula is C49H31N3S. The fourth-order valence-electron chi connectivity index (χ4n) is 8.57. The molecule has 1 aliphatic carbocycles. The van der Waals surface area contributed by atoms with Gasteiger partial charge < -0.3 is 9.13 Å². The summed E-state index contributed by atoms with van der Waals surface area (Å²) < 4.78 is 7.44. The third-order valence-corrected chi connectivity index (χ3v) is 12.3. The Hall–Kier alpha value is -6.67. The highest BCUT2D eigenvalue weighted by atomic mass is 32.1. The van der Waals surface area contributed by atoms with Crippen molar-refractivity contribution in [1.29, 1.82) is 5.26 Å². The van der Waals surface area contributed by atoms with Gasteiger partial charge in [-0.2, -0.15) is 5.26 Å². The number of nitrogens with zero attached hydrogens (tertiary/aromatic N) is 3. The number of nitriles is 1. The Morgan fingerprint density at radius 1 is 0.472 bits per heavy atom. The lowest BCUT2D eigenvalue weighted by atomic mass is 9.98. The Morgan fingerprint density at radius 2 is 1.08 bits per heavy atom. The maximum atomic E-state index is 9.45. The van der Waals surface area contributed by atoms with E-state index in [9.17, 15) is 5.26 Å². The Kier molecular flexibility index (Phi) is 6.61. The highest BCUT2D eigenvalue weighted by Crippen LogP contribution is 2.43. The van der Waals surface area contributed by atoms with Crippen molar-refractivity contribution in [2.45, 2.75) is 12.8 Å². The number of thiophene rings is 1. The smallest absolute Gasteiger partial charge is 0.0947 e. The van der Waals surface area contributed by atoms with Crippen molar-refractivity contribution in [3.63, 3.8) is 0 Å². The van der Waals surface area contributed by atoms with Crippen molar-refractivity contribution in [3.05, 3.63) is 169 Å². The maximum Gasteiger partial charge on any atom is 0.0947 e. The van der Waals surface area contributed by atoms with Gasteiger partial charge in [-0.25, -0.2) is 0 Å². The molecule has 1 aliphatic rings. The number of hydrogen-bond acceptors (Lipinski definition) is 2. The highest BCUT2D eigenvalue weighted by molar-refractivity contribution is 7.26. The van der Waals surface area contributed by atoms with Gasteiger partial charge in [-0.1, -0.05) is 91.0 Å². The molecule has 3 heterocycles. The third kappa shape index (κ3) is 4.58. The molecular weight excluding hydrogens is 663 g/mol. The van der Waals surface area contributed by atoms with E-state index in [1.165, 1.54) is 91.7 Å². The number of aromatic nitrogens is 2. The minimum absolute atomic E-state index is 0.770. The summed E-state index contributed by atoms with van der Waals surface area (Å²) in [4.78, 5) is 0. The van der Waals surface area contributed by atoms with E-state index < -0.39 is 0 Å². The molecule has 0 radical (unpaired) electrons. The summed E-state index contributed by atoms with van der Waals surface area (Å²) in [5, 5.41) is 17.0. The molecule has 0 N–H and O–H groups in total. The molecule has 3 aromatic heterocycles. The van der Waals surface area contributed by atoms with Gasteiger partial charge in [0.2, 0.25) is 0 Å². The molecule has 0 unspecified atom stereocenters. The molecule has 53 heavy (non-hydrogen) atoms. The number of hydrogen-bond donors (Lipinski definition) is 0. The number of para-hydroxylation sites is 2. The van der Waals surface area contributed by atoms with Crippen LogP contribution in [0, 0.1) is 11.3 Å². The van der Waals surface area contributed by atoms with Crippen molar-refractivity contribution >= 4 is 80.8 Å². The fraction of sp³-hybridized carbons (Fsp3) is 0.0408. The van der Waals surface area contributed by atoms with Crippen molar-refractivity contribution in [3.8, 4) is 34.0 Å². The zero-order chi connectivity index (χ0) is 35.0. The van der Waals surface area contributed by atoms with E-state index in [4.69, 9.17) is 0 Å². The quantitative estimate of drug-likeness (QED) is 0.181. The Bertz CT molecular complexity index is 3230. The summed E-state index contributed by atoms with van der Waals surface area (Å²) in [6.07, 6.45) is 5.71. The first-order valence-corrected chi connectivity index (χ1v) is 18.9. The maximum absolute atomic E-state index is 9.45. The van der Waals surface area contributed by atoms with Crippen molar-refractivity contribution in [2.75, 3.05) is 0 Å². The molecule has 0 amide bonds. The zero-order valence-corrected chi connectivity index (χ0v) is 29.6. The summed E-state index contributed by atoms with van der Waals surface area (Å²) >= 11 is 1.88. The van der Waals surface area contributed by atoms with Gasteiger partial charge in [-0.3, -0.25) is 0 Å². The summed E-state index contributed by atoms with van der Waals surface area (Å²) in [5.74, 6) is 0. The van der Waals surface area contributed by atoms with Crippen LogP contribution in [0.15, 0.2) is 169 Å². The van der Waals surface area contributed by atoms with E-state index >= 15 is 0 Å². The van der Waals surface area contributed by atoms with E-state index in [1.54, 1.807) is 0 Å². The van der Waals surface area contributed by atoms with Gasteiger partial charge in [0.25, 0.3) is 0 Å². The lowest BCUT2D eigenvalue weighted by molar-refractivity contribution is 0.951. The minimum atomic E-state index is 0.770. The van der Waals surface area contributed by atoms with Crippen LogP contribution in [0.3, 0.4) is 0 Å². The molecule has 10 aromatic rings. The molecule has 3 nitrogen and oxygen atoms in total. The predicted molar refractivity (Wildman–Crippen MR) is 225 cm³/mol. The molecule has 0 saturated heterocycles. The van der Waals surface area contributed by atoms with Crippen LogP contribution in [0.1, 0.15) is 12.8 Å². The molecule has 4 heteroatoms. The second-order valence-corrected chi connectivity index (χ2v) is 15.0. The summed E-state index contributed by atoms with van der Waals surface area (Å²) in [7, 11) is 0. The van der Waals surface area contributed by atoms with Crippen molar-refractivity contribution in [2.24, 2.45) is 0 Å². The molecule has 0 aliphatic heterocycles. The van der Waals surface area contributed by atoms with E-state index in [0.29, 0.717) is 0 Å². The van der Waals surface area contributed by atoms with Crippen LogP contribution < -0.4 is 0 Å². The topological polar surface area (TPSA) is 33.6 Å². The molecule has 0 spiro atoms. The van der Waals surface area contributed by atoms with Crippen LogP contribution in [0.5, 0.6) is 0 Å². The SMILES string of the molecule is N#CC1=CC=C(n2c3ccccc3c3cc(-c4ccc5c(c4)c4cc(-c6cccc7c6sc6ccccc67)ccc4n5-c4ccccc4)ccc32)CC1. The third-order valence-electron chi connectivity index (χ3n) is 11.1. The lowest BCUT2D eigenvalue weighted by Crippen LogP contribution is -2.00. The number of benzene rings is 7. The van der Waals surface area contributed by atoms with Gasteiger partial charge >= 0.3 is 0 Å². The van der Waals surface area contributed by atoms with E-state index in [-0.39, 0.29) is 0 Å². The molecule has 7 aromatic carbocycles. The second kappa shape index (κ2) is 11.7. The van der Waals surface area contributed by atoms with E-state index in [1.807, 2.05) is 17.4 Å². The first-order chi connectivity index (χ1) is 26.2. The molecule has 0 atom stereocenters. The first-order valence-electron chi connectivity index (χ1n) is 18.1. The minimum Gasteiger partial charge on any atom is -0.313 e. The van der Waals surface area contributed by atoms with Gasteiger partial charge in [0.05, 0.1) is 28.1 Å². The van der Waals surface area contributed by atoms with Gasteiger partial charge in [-0.05, 0) is 108 Å². The van der Waals surface area contributed by atoms with Crippen molar-refractivity contribution in [1.82, 2.24) is 9.13 Å². The number of allylic oxidation sites excluding steroid dienone is 4. The number of rotatable bonds is 4. The highest BCUT2D eigenvalue weighted by Gasteiger charge is 2.19. The van der Waals surface area contributed by atoms with Gasteiger partial charge in [-0.15, -0.1) is 11.3 Å². The first kappa shape index (κ1) is 30.0. The normalized spacial score (nSPS) is 13.3. The molecule has 0 bridgehead atoms. The lowest BCUT2D eigenvalue weighted by Gasteiger charge is -2.15. The van der Waals surface area contributed by atoms with Gasteiger partial charge in [0.1, 0.15) is 0 Å². The molecule has 0 saturated carbocycles. The standard InChI is InChI=1S/C49H31N3S/c50-30-31-17-22-36(23-18-31)52-44-15-6-4-11-38(44)41-27-32(19-24-45(41)52)33-20-25-46-42(28-33)43-29-34(21-26-47(43)51(46)35-9-2-1-3-10-35)37-13-8-14-40-39-12-5-7-16-48(39)53-49(37)40/h1-17,19-22,24-29H,18,23H2. The zero-order valence-electron chi connectivity index (χ0n) is 28.8. The van der Waals surface area contributed by atoms with Crippen molar-refractivity contribution < 1.29 is 0 Å². The fourth-order valence-corrected chi connectivity index (χ4v) is 9.81. The van der Waals surface area contributed by atoms with Crippen LogP contribution in [0.4, 0.5) is 0 Å². The predicted octanol–water partition coefficient (Wildman–Crippen LogP) is 13.7. The largest absolute Gasteiger partial charge is 0.313 e. The molecule has 11 rings (SSSR count). The molecule has 0 fully saturated rings. The Balaban J connectivity index is 1.12. The van der Waals surface area contributed by atoms with E-state index in [0.717, 1.165) is 24.1 Å². The molecule has 248 valence electrons. The van der Waals surface area contributed by atoms with Gasteiger partial charge in [0, 0.05) is 58.7 Å². The summed E-state index contributed by atoms with van der Waals surface area (Å²) in [6.45, 7) is 0. The van der Waals surface area contributed by atoms with Crippen LogP contribution in [0.25, 0.3) is 97.4 Å². The van der Waals surface area contributed by atoms with Crippen LogP contribution >= 0.6 is 11.3 Å². The van der Waals surface area contributed by atoms with Gasteiger partial charge in [0.15, 0.2) is 0 Å². The van der Waals surface area contributed by atoms with Crippen LogP contribution in [-0.2, 0) is 0 Å². The summed E-state index contributed by atoms with van der Waals surface area (Å²) in [5.41, 5.74) is 12.9. The monoisotopic (exact) mass is 693 g/mol. The second-order valence-electron chi connectivity index (χ2n) is 14.0. The van der Waals surface area contributed by atoms with Crippen LogP contribution in [0.2, 0.25) is 0 Å². The van der Waals surface area contributed by atoms with Crippen LogP contribution in [-0.4, -0.2) is 9.13 Å². The summed E-state index contributed by atoms with van der Waals surface area (Å²) in [6, 6.07) is 58.0. The Morgan fingerprint density at radius 3 is 1.81 bits per heavy atom. The number of fused-ring (bicyclic) bond motifs is 9. The average Bonchev–Trinajstić information content (AvgIpc) is 3.88. The average molecular weight is 694 g/mol. The van der Waals surface area contributed by atoms with E-state index in [2.05, 4.69) is 173 Å².